The van der Waals surface area contributed by atoms with Crippen LogP contribution in [0.1, 0.15) is 23.6 Å². The van der Waals surface area contributed by atoms with Crippen LogP contribution in [-0.2, 0) is 19.4 Å². The molecule has 0 saturated carbocycles. The van der Waals surface area contributed by atoms with E-state index >= 15 is 0 Å². The van der Waals surface area contributed by atoms with Gasteiger partial charge in [-0.05, 0) is 72.5 Å². The number of aryl methyl sites for hydroxylation is 1. The van der Waals surface area contributed by atoms with Gasteiger partial charge in [0, 0.05) is 52.5 Å². The molecule has 0 radical (unpaired) electrons. The number of hydrogen-bond acceptors (Lipinski definition) is 5. The number of nitrogens with zero attached hydrogens (tertiary/aromatic N) is 5. The molecule has 6 aromatic rings. The van der Waals surface area contributed by atoms with Gasteiger partial charge < -0.3 is 14.5 Å². The Hall–Kier alpha value is -3.98. The van der Waals surface area contributed by atoms with Gasteiger partial charge in [0.2, 0.25) is 0 Å². The first-order valence-electron chi connectivity index (χ1n) is 11.4. The van der Waals surface area contributed by atoms with E-state index in [2.05, 4.69) is 59.0 Å². The maximum Gasteiger partial charge on any atom is 0.196 e. The van der Waals surface area contributed by atoms with E-state index in [1.54, 1.807) is 30.4 Å². The highest BCUT2D eigenvalue weighted by Crippen LogP contribution is 2.30. The molecular formula is C26H22FN7S. The summed E-state index contributed by atoms with van der Waals surface area (Å²) < 4.78 is 15.8. The SMILES string of the molecule is Fc1ccc2cc(Cc3nnc(Sc4ccc5cccnc5c4)n3CCCc3cnc[nH]3)[nH]c2c1. The van der Waals surface area contributed by atoms with Crippen molar-refractivity contribution in [2.45, 2.75) is 35.9 Å². The summed E-state index contributed by atoms with van der Waals surface area (Å²) in [5.74, 6) is 0.611. The average Bonchev–Trinajstić information content (AvgIpc) is 3.61. The Balaban J connectivity index is 1.29. The fraction of sp³-hybridized carbons (Fsp3) is 0.154. The van der Waals surface area contributed by atoms with Gasteiger partial charge in [0.25, 0.3) is 0 Å². The van der Waals surface area contributed by atoms with Gasteiger partial charge in [-0.2, -0.15) is 0 Å². The first-order valence-corrected chi connectivity index (χ1v) is 12.2. The van der Waals surface area contributed by atoms with Crippen LogP contribution in [0.15, 0.2) is 83.4 Å². The molecule has 4 heterocycles. The molecule has 0 aliphatic rings. The van der Waals surface area contributed by atoms with Crippen molar-refractivity contribution in [1.29, 1.82) is 0 Å². The van der Waals surface area contributed by atoms with Crippen LogP contribution in [0.4, 0.5) is 4.39 Å². The molecule has 7 nitrogen and oxygen atoms in total. The average molecular weight is 484 g/mol. The first kappa shape index (κ1) is 21.5. The summed E-state index contributed by atoms with van der Waals surface area (Å²) in [7, 11) is 0. The highest BCUT2D eigenvalue weighted by atomic mass is 32.2. The molecule has 0 atom stereocenters. The summed E-state index contributed by atoms with van der Waals surface area (Å²) in [6, 6.07) is 17.1. The number of fused-ring (bicyclic) bond motifs is 2. The number of H-pyrrole nitrogens is 2. The molecule has 0 unspecified atom stereocenters. The van der Waals surface area contributed by atoms with Crippen molar-refractivity contribution in [1.82, 2.24) is 34.7 Å². The van der Waals surface area contributed by atoms with Gasteiger partial charge in [-0.3, -0.25) is 4.98 Å². The van der Waals surface area contributed by atoms with Crippen LogP contribution in [0.5, 0.6) is 0 Å². The van der Waals surface area contributed by atoms with Crippen molar-refractivity contribution in [3.05, 3.63) is 96.3 Å². The lowest BCUT2D eigenvalue weighted by atomic mass is 10.2. The number of hydrogen-bond donors (Lipinski definition) is 2. The molecule has 0 fully saturated rings. The van der Waals surface area contributed by atoms with Crippen molar-refractivity contribution in [3.63, 3.8) is 0 Å². The maximum atomic E-state index is 13.6. The fourth-order valence-electron chi connectivity index (χ4n) is 4.24. The Morgan fingerprint density at radius 2 is 1.91 bits per heavy atom. The van der Waals surface area contributed by atoms with Gasteiger partial charge in [0.15, 0.2) is 5.16 Å². The summed E-state index contributed by atoms with van der Waals surface area (Å²) in [6.45, 7) is 0.768. The molecule has 0 aliphatic heterocycles. The van der Waals surface area contributed by atoms with E-state index in [4.69, 9.17) is 0 Å². The Bertz CT molecular complexity index is 1600. The molecule has 6 rings (SSSR count). The van der Waals surface area contributed by atoms with Gasteiger partial charge in [0.1, 0.15) is 11.6 Å². The van der Waals surface area contributed by atoms with E-state index in [-0.39, 0.29) is 5.82 Å². The highest BCUT2D eigenvalue weighted by Gasteiger charge is 2.16. The lowest BCUT2D eigenvalue weighted by molar-refractivity contribution is 0.572. The largest absolute Gasteiger partial charge is 0.358 e. The van der Waals surface area contributed by atoms with E-state index in [0.717, 1.165) is 68.5 Å². The van der Waals surface area contributed by atoms with E-state index in [1.807, 2.05) is 18.3 Å². The smallest absolute Gasteiger partial charge is 0.196 e. The molecule has 2 N–H and O–H groups in total. The normalized spacial score (nSPS) is 11.6. The predicted octanol–water partition coefficient (Wildman–Crippen LogP) is 5.54. The van der Waals surface area contributed by atoms with Crippen molar-refractivity contribution in [2.75, 3.05) is 0 Å². The monoisotopic (exact) mass is 483 g/mol. The van der Waals surface area contributed by atoms with Crippen LogP contribution in [-0.4, -0.2) is 34.7 Å². The summed E-state index contributed by atoms with van der Waals surface area (Å²) >= 11 is 1.58. The molecule has 0 saturated heterocycles. The predicted molar refractivity (Wildman–Crippen MR) is 134 cm³/mol. The van der Waals surface area contributed by atoms with Crippen LogP contribution in [0.3, 0.4) is 0 Å². The molecule has 0 bridgehead atoms. The van der Waals surface area contributed by atoms with Crippen LogP contribution in [0.2, 0.25) is 0 Å². The third-order valence-electron chi connectivity index (χ3n) is 5.95. The van der Waals surface area contributed by atoms with Gasteiger partial charge in [-0.15, -0.1) is 10.2 Å². The van der Waals surface area contributed by atoms with Crippen LogP contribution >= 0.6 is 11.8 Å². The van der Waals surface area contributed by atoms with Crippen LogP contribution in [0, 0.1) is 5.82 Å². The van der Waals surface area contributed by atoms with Crippen LogP contribution < -0.4 is 0 Å². The Morgan fingerprint density at radius 1 is 0.971 bits per heavy atom. The molecule has 0 amide bonds. The van der Waals surface area contributed by atoms with Crippen molar-refractivity contribution in [2.24, 2.45) is 0 Å². The number of halogens is 1. The van der Waals surface area contributed by atoms with Crippen molar-refractivity contribution in [3.8, 4) is 0 Å². The Kier molecular flexibility index (Phi) is 5.75. The van der Waals surface area contributed by atoms with Gasteiger partial charge in [0.05, 0.1) is 11.8 Å². The van der Waals surface area contributed by atoms with Crippen molar-refractivity contribution >= 4 is 33.6 Å². The molecule has 4 aromatic heterocycles. The maximum absolute atomic E-state index is 13.6. The minimum absolute atomic E-state index is 0.253. The third kappa shape index (κ3) is 4.67. The minimum atomic E-state index is -0.253. The molecule has 2 aromatic carbocycles. The second kappa shape index (κ2) is 9.34. The zero-order chi connectivity index (χ0) is 23.6. The number of aromatic amines is 2. The minimum Gasteiger partial charge on any atom is -0.358 e. The number of pyridine rings is 1. The quantitative estimate of drug-likeness (QED) is 0.297. The first-order chi connectivity index (χ1) is 17.2. The zero-order valence-corrected chi connectivity index (χ0v) is 19.6. The van der Waals surface area contributed by atoms with E-state index in [1.165, 1.54) is 12.1 Å². The highest BCUT2D eigenvalue weighted by molar-refractivity contribution is 7.99. The Labute approximate surface area is 204 Å². The molecular weight excluding hydrogens is 461 g/mol. The molecule has 0 aliphatic carbocycles. The van der Waals surface area contributed by atoms with Crippen molar-refractivity contribution < 1.29 is 4.39 Å². The lowest BCUT2D eigenvalue weighted by Gasteiger charge is -2.10. The van der Waals surface area contributed by atoms with E-state index in [0.29, 0.717) is 6.42 Å². The van der Waals surface area contributed by atoms with E-state index in [9.17, 15) is 4.39 Å². The van der Waals surface area contributed by atoms with Gasteiger partial charge in [-0.1, -0.05) is 12.1 Å². The summed E-state index contributed by atoms with van der Waals surface area (Å²) in [5.41, 5.74) is 3.81. The number of nitrogens with one attached hydrogen (secondary N) is 2. The topological polar surface area (TPSA) is 88.1 Å². The summed E-state index contributed by atoms with van der Waals surface area (Å²) in [4.78, 5) is 16.1. The summed E-state index contributed by atoms with van der Waals surface area (Å²) in [6.07, 6.45) is 7.74. The number of imidazole rings is 1. The standard InChI is InChI=1S/C26H22FN7S/c27-19-7-5-18-11-21(31-24(18)12-19)13-25-32-33-26(34(25)10-2-4-20-15-28-16-30-20)35-22-8-6-17-3-1-9-29-23(17)14-22/h1,3,5-9,11-12,14-16,31H,2,4,10,13H2,(H,28,30). The third-order valence-corrected chi connectivity index (χ3v) is 6.93. The molecule has 9 heteroatoms. The number of benzene rings is 2. The Morgan fingerprint density at radius 3 is 2.83 bits per heavy atom. The fourth-order valence-corrected chi connectivity index (χ4v) is 5.14. The second-order valence-electron chi connectivity index (χ2n) is 8.39. The molecule has 0 spiro atoms. The lowest BCUT2D eigenvalue weighted by Crippen LogP contribution is -2.07. The van der Waals surface area contributed by atoms with Gasteiger partial charge in [-0.25, -0.2) is 9.37 Å². The number of aromatic nitrogens is 7. The molecule has 35 heavy (non-hydrogen) atoms. The van der Waals surface area contributed by atoms with E-state index < -0.39 is 0 Å². The summed E-state index contributed by atoms with van der Waals surface area (Å²) in [5, 5.41) is 12.0. The molecule has 174 valence electrons. The zero-order valence-electron chi connectivity index (χ0n) is 18.8. The van der Waals surface area contributed by atoms with Gasteiger partial charge >= 0.3 is 0 Å². The second-order valence-corrected chi connectivity index (χ2v) is 9.43. The van der Waals surface area contributed by atoms with Crippen LogP contribution in [0.25, 0.3) is 21.8 Å². The number of rotatable bonds is 8.